The van der Waals surface area contributed by atoms with E-state index in [-0.39, 0.29) is 11.6 Å². The quantitative estimate of drug-likeness (QED) is 0.314. The number of hydrogen-bond acceptors (Lipinski definition) is 1. The van der Waals surface area contributed by atoms with E-state index in [0.717, 1.165) is 0 Å². The van der Waals surface area contributed by atoms with E-state index in [4.69, 9.17) is 5.53 Å². The lowest BCUT2D eigenvalue weighted by atomic mass is 10.0. The van der Waals surface area contributed by atoms with Crippen molar-refractivity contribution in [2.75, 3.05) is 0 Å². The minimum Gasteiger partial charge on any atom is -0.166 e. The predicted octanol–water partition coefficient (Wildman–Crippen LogP) is 5.10. The van der Waals surface area contributed by atoms with Crippen LogP contribution in [0.5, 0.6) is 0 Å². The zero-order valence-corrected chi connectivity index (χ0v) is 9.42. The van der Waals surface area contributed by atoms with Crippen LogP contribution in [0.2, 0.25) is 0 Å². The van der Waals surface area contributed by atoms with Gasteiger partial charge in [0.05, 0.1) is 17.2 Å². The van der Waals surface area contributed by atoms with Gasteiger partial charge in [0.15, 0.2) is 0 Å². The molecule has 0 radical (unpaired) electrons. The van der Waals surface area contributed by atoms with Gasteiger partial charge in [-0.15, -0.1) is 0 Å². The molecule has 0 heterocycles. The van der Waals surface area contributed by atoms with Crippen LogP contribution in [-0.2, 0) is 12.4 Å². The lowest BCUT2D eigenvalue weighted by Gasteiger charge is -2.15. The Morgan fingerprint density at radius 3 is 1.74 bits per heavy atom. The Hall–Kier alpha value is -1.89. The molecule has 0 saturated heterocycles. The third-order valence-electron chi connectivity index (χ3n) is 2.32. The summed E-state index contributed by atoms with van der Waals surface area (Å²) < 4.78 is 75.1. The first-order valence-corrected chi connectivity index (χ1v) is 4.89. The average Bonchev–Trinajstić information content (AvgIpc) is 2.26. The largest absolute Gasteiger partial charge is 0.416 e. The van der Waals surface area contributed by atoms with Gasteiger partial charge in [-0.25, -0.2) is 0 Å². The second kappa shape index (κ2) is 5.00. The maximum atomic E-state index is 12.5. The highest BCUT2D eigenvalue weighted by Gasteiger charge is 2.37. The molecule has 0 fully saturated rings. The monoisotopic (exact) mass is 283 g/mol. The number of azide groups is 1. The molecule has 1 aromatic rings. The lowest BCUT2D eigenvalue weighted by Crippen LogP contribution is -2.12. The molecule has 0 bridgehead atoms. The molecule has 0 aliphatic carbocycles. The third kappa shape index (κ3) is 3.78. The van der Waals surface area contributed by atoms with Crippen molar-refractivity contribution in [1.82, 2.24) is 0 Å². The van der Waals surface area contributed by atoms with Crippen molar-refractivity contribution in [3.63, 3.8) is 0 Å². The van der Waals surface area contributed by atoms with Gasteiger partial charge in [0.2, 0.25) is 0 Å². The second-order valence-electron chi connectivity index (χ2n) is 3.72. The van der Waals surface area contributed by atoms with Crippen LogP contribution in [0.25, 0.3) is 10.4 Å². The van der Waals surface area contributed by atoms with Crippen LogP contribution < -0.4 is 0 Å². The first-order chi connectivity index (χ1) is 8.55. The molecule has 3 nitrogen and oxygen atoms in total. The van der Waals surface area contributed by atoms with Gasteiger partial charge in [-0.2, -0.15) is 26.3 Å². The Morgan fingerprint density at radius 2 is 1.42 bits per heavy atom. The standard InChI is InChI=1S/C10H7F6N3/c1-5(18-19-17)6-2-7(9(11,12)13)4-8(3-6)10(14,15)16/h2-5H,1H3/t5-/m0/s1. The molecule has 19 heavy (non-hydrogen) atoms. The van der Waals surface area contributed by atoms with Crippen LogP contribution in [0.1, 0.15) is 29.7 Å². The Labute approximate surface area is 103 Å². The Kier molecular flexibility index (Phi) is 4.00. The minimum absolute atomic E-state index is 0.0201. The summed E-state index contributed by atoms with van der Waals surface area (Å²) in [5, 5.41) is 3.09. The lowest BCUT2D eigenvalue weighted by molar-refractivity contribution is -0.143. The van der Waals surface area contributed by atoms with E-state index >= 15 is 0 Å². The molecule has 0 amide bonds. The Bertz CT molecular complexity index is 481. The summed E-state index contributed by atoms with van der Waals surface area (Å²) in [6.07, 6.45) is -9.82. The maximum absolute atomic E-state index is 12.5. The summed E-state index contributed by atoms with van der Waals surface area (Å²) in [7, 11) is 0. The van der Waals surface area contributed by atoms with E-state index in [0.29, 0.717) is 12.1 Å². The van der Waals surface area contributed by atoms with Crippen LogP contribution in [0.3, 0.4) is 0 Å². The molecule has 9 heteroatoms. The molecule has 1 atom stereocenters. The van der Waals surface area contributed by atoms with Gasteiger partial charge in [-0.05, 0) is 29.3 Å². The van der Waals surface area contributed by atoms with Crippen molar-refractivity contribution in [3.05, 3.63) is 45.3 Å². The fourth-order valence-corrected chi connectivity index (χ4v) is 1.36. The minimum atomic E-state index is -4.91. The molecular weight excluding hydrogens is 276 g/mol. The van der Waals surface area contributed by atoms with Gasteiger partial charge in [0.1, 0.15) is 0 Å². The SMILES string of the molecule is C[C@H](N=[N+]=[N-])c1cc(C(F)(F)F)cc(C(F)(F)F)c1. The summed E-state index contributed by atoms with van der Waals surface area (Å²) in [5.41, 5.74) is 4.96. The van der Waals surface area contributed by atoms with Gasteiger partial charge < -0.3 is 0 Å². The van der Waals surface area contributed by atoms with E-state index in [2.05, 4.69) is 10.0 Å². The van der Waals surface area contributed by atoms with E-state index in [9.17, 15) is 26.3 Å². The first kappa shape index (κ1) is 15.2. The molecule has 0 aromatic heterocycles. The van der Waals surface area contributed by atoms with Crippen LogP contribution in [0, 0.1) is 0 Å². The number of nitrogens with zero attached hydrogens (tertiary/aromatic N) is 3. The van der Waals surface area contributed by atoms with E-state index < -0.39 is 29.5 Å². The van der Waals surface area contributed by atoms with Crippen LogP contribution in [0.15, 0.2) is 23.3 Å². The van der Waals surface area contributed by atoms with Crippen molar-refractivity contribution in [2.45, 2.75) is 25.3 Å². The maximum Gasteiger partial charge on any atom is 0.416 e. The van der Waals surface area contributed by atoms with E-state index in [1.54, 1.807) is 0 Å². The van der Waals surface area contributed by atoms with Gasteiger partial charge in [-0.3, -0.25) is 0 Å². The topological polar surface area (TPSA) is 48.8 Å². The Balaban J connectivity index is 3.45. The highest BCUT2D eigenvalue weighted by atomic mass is 19.4. The predicted molar refractivity (Wildman–Crippen MR) is 54.0 cm³/mol. The van der Waals surface area contributed by atoms with Crippen LogP contribution in [-0.4, -0.2) is 0 Å². The van der Waals surface area contributed by atoms with Crippen molar-refractivity contribution < 1.29 is 26.3 Å². The fraction of sp³-hybridized carbons (Fsp3) is 0.400. The number of halogens is 6. The van der Waals surface area contributed by atoms with Crippen molar-refractivity contribution in [2.24, 2.45) is 5.11 Å². The second-order valence-corrected chi connectivity index (χ2v) is 3.72. The normalized spacial score (nSPS) is 13.8. The number of alkyl halides is 6. The van der Waals surface area contributed by atoms with Gasteiger partial charge in [-0.1, -0.05) is 12.0 Å². The highest BCUT2D eigenvalue weighted by molar-refractivity contribution is 5.35. The first-order valence-electron chi connectivity index (χ1n) is 4.89. The molecule has 104 valence electrons. The third-order valence-corrected chi connectivity index (χ3v) is 2.32. The molecule has 0 saturated carbocycles. The van der Waals surface area contributed by atoms with E-state index in [1.807, 2.05) is 0 Å². The van der Waals surface area contributed by atoms with Crippen molar-refractivity contribution in [3.8, 4) is 0 Å². The molecule has 1 rings (SSSR count). The van der Waals surface area contributed by atoms with Crippen LogP contribution in [0.4, 0.5) is 26.3 Å². The smallest absolute Gasteiger partial charge is 0.166 e. The van der Waals surface area contributed by atoms with Crippen LogP contribution >= 0.6 is 0 Å². The zero-order chi connectivity index (χ0) is 14.8. The number of benzene rings is 1. The summed E-state index contributed by atoms with van der Waals surface area (Å²) in [4.78, 5) is 2.36. The van der Waals surface area contributed by atoms with Gasteiger partial charge in [0.25, 0.3) is 0 Å². The summed E-state index contributed by atoms with van der Waals surface area (Å²) in [6, 6.07) is -0.0384. The Morgan fingerprint density at radius 1 is 1.00 bits per heavy atom. The fourth-order valence-electron chi connectivity index (χ4n) is 1.36. The van der Waals surface area contributed by atoms with Crippen molar-refractivity contribution in [1.29, 1.82) is 0 Å². The summed E-state index contributed by atoms with van der Waals surface area (Å²) in [5.74, 6) is 0. The molecule has 0 aliphatic rings. The summed E-state index contributed by atoms with van der Waals surface area (Å²) >= 11 is 0. The van der Waals surface area contributed by atoms with Gasteiger partial charge in [0, 0.05) is 4.91 Å². The molecule has 0 N–H and O–H groups in total. The number of hydrogen-bond donors (Lipinski definition) is 0. The average molecular weight is 283 g/mol. The van der Waals surface area contributed by atoms with E-state index in [1.165, 1.54) is 6.92 Å². The number of rotatable bonds is 2. The summed E-state index contributed by atoms with van der Waals surface area (Å²) in [6.45, 7) is 1.20. The highest BCUT2D eigenvalue weighted by Crippen LogP contribution is 2.37. The molecule has 1 aromatic carbocycles. The van der Waals surface area contributed by atoms with Gasteiger partial charge >= 0.3 is 12.4 Å². The molecule has 0 aliphatic heterocycles. The van der Waals surface area contributed by atoms with Crippen molar-refractivity contribution >= 4 is 0 Å². The molecular formula is C10H7F6N3. The molecule has 0 unspecified atom stereocenters. The molecule has 0 spiro atoms. The zero-order valence-electron chi connectivity index (χ0n) is 9.42.